The number of ether oxygens (including phenoxy) is 1. The molecule has 0 atom stereocenters. The largest absolute Gasteiger partial charge is 0.491 e. The average Bonchev–Trinajstić information content (AvgIpc) is 2.36. The number of hydrogen-bond acceptors (Lipinski definition) is 3. The molecule has 1 aromatic carbocycles. The molecular formula is C15H21NO4. The Morgan fingerprint density at radius 2 is 1.75 bits per heavy atom. The highest BCUT2D eigenvalue weighted by atomic mass is 16.5. The zero-order chi connectivity index (χ0) is 15.0. The highest BCUT2D eigenvalue weighted by Crippen LogP contribution is 2.17. The van der Waals surface area contributed by atoms with Gasteiger partial charge in [-0.3, -0.25) is 9.59 Å². The van der Waals surface area contributed by atoms with Gasteiger partial charge in [-0.25, -0.2) is 0 Å². The van der Waals surface area contributed by atoms with Crippen molar-refractivity contribution >= 4 is 17.6 Å². The molecule has 0 aliphatic heterocycles. The van der Waals surface area contributed by atoms with Crippen molar-refractivity contribution in [1.82, 2.24) is 0 Å². The van der Waals surface area contributed by atoms with Gasteiger partial charge in [0.2, 0.25) is 5.91 Å². The first-order valence-corrected chi connectivity index (χ1v) is 6.75. The molecule has 0 radical (unpaired) electrons. The molecule has 0 spiro atoms. The molecule has 2 N–H and O–H groups in total. The Morgan fingerprint density at radius 3 is 2.30 bits per heavy atom. The summed E-state index contributed by atoms with van der Waals surface area (Å²) in [5.74, 6) is -0.168. The van der Waals surface area contributed by atoms with Crippen LogP contribution in [0.2, 0.25) is 0 Å². The third kappa shape index (κ3) is 6.78. The normalized spacial score (nSPS) is 10.3. The van der Waals surface area contributed by atoms with Gasteiger partial charge in [-0.1, -0.05) is 0 Å². The first-order valence-electron chi connectivity index (χ1n) is 6.75. The number of unbranched alkanes of at least 4 members (excludes halogenated alkanes) is 1. The van der Waals surface area contributed by atoms with Gasteiger partial charge in [0, 0.05) is 18.5 Å². The van der Waals surface area contributed by atoms with Gasteiger partial charge in [0.25, 0.3) is 0 Å². The molecule has 0 aliphatic carbocycles. The number of amides is 1. The standard InChI is InChI=1S/C15H21NO4/c1-11(2)20-13-9-7-12(8-10-13)16-14(17)5-3-4-6-15(18)19/h7-11H,3-6H2,1-2H3,(H,16,17)(H,18,19). The van der Waals surface area contributed by atoms with E-state index in [0.717, 1.165) is 5.75 Å². The van der Waals surface area contributed by atoms with E-state index in [-0.39, 0.29) is 18.4 Å². The smallest absolute Gasteiger partial charge is 0.303 e. The summed E-state index contributed by atoms with van der Waals surface area (Å²) >= 11 is 0. The van der Waals surface area contributed by atoms with Gasteiger partial charge < -0.3 is 15.2 Å². The Bertz CT molecular complexity index is 440. The number of carbonyl (C=O) groups excluding carboxylic acids is 1. The van der Waals surface area contributed by atoms with E-state index in [4.69, 9.17) is 9.84 Å². The van der Waals surface area contributed by atoms with Crippen molar-refractivity contribution < 1.29 is 19.4 Å². The maximum Gasteiger partial charge on any atom is 0.303 e. The molecule has 1 amide bonds. The lowest BCUT2D eigenvalue weighted by Crippen LogP contribution is -2.11. The van der Waals surface area contributed by atoms with Gasteiger partial charge >= 0.3 is 5.97 Å². The van der Waals surface area contributed by atoms with Crippen LogP contribution < -0.4 is 10.1 Å². The van der Waals surface area contributed by atoms with Crippen LogP contribution in [-0.2, 0) is 9.59 Å². The zero-order valence-corrected chi connectivity index (χ0v) is 11.9. The molecule has 0 fully saturated rings. The molecule has 1 rings (SSSR count). The number of carbonyl (C=O) groups is 2. The third-order valence-corrected chi connectivity index (χ3v) is 2.55. The minimum Gasteiger partial charge on any atom is -0.491 e. The number of carboxylic acids is 1. The van der Waals surface area contributed by atoms with Crippen molar-refractivity contribution in [3.63, 3.8) is 0 Å². The topological polar surface area (TPSA) is 75.6 Å². The molecule has 0 bridgehead atoms. The number of hydrogen-bond donors (Lipinski definition) is 2. The molecule has 110 valence electrons. The van der Waals surface area contributed by atoms with Gasteiger partial charge in [0.1, 0.15) is 5.75 Å². The molecule has 0 saturated carbocycles. The molecule has 20 heavy (non-hydrogen) atoms. The van der Waals surface area contributed by atoms with Gasteiger partial charge in [-0.15, -0.1) is 0 Å². The van der Waals surface area contributed by atoms with Crippen LogP contribution >= 0.6 is 0 Å². The van der Waals surface area contributed by atoms with Crippen LogP contribution in [0.25, 0.3) is 0 Å². The van der Waals surface area contributed by atoms with Crippen LogP contribution in [0.1, 0.15) is 39.5 Å². The Balaban J connectivity index is 2.32. The van der Waals surface area contributed by atoms with Crippen LogP contribution in [0.15, 0.2) is 24.3 Å². The van der Waals surface area contributed by atoms with E-state index in [9.17, 15) is 9.59 Å². The number of anilines is 1. The summed E-state index contributed by atoms with van der Waals surface area (Å²) in [5.41, 5.74) is 0.712. The molecule has 5 nitrogen and oxygen atoms in total. The lowest BCUT2D eigenvalue weighted by Gasteiger charge is -2.10. The predicted molar refractivity (Wildman–Crippen MR) is 76.9 cm³/mol. The van der Waals surface area contributed by atoms with Gasteiger partial charge in [-0.05, 0) is 51.0 Å². The fraction of sp³-hybridized carbons (Fsp3) is 0.467. The van der Waals surface area contributed by atoms with E-state index in [2.05, 4.69) is 5.32 Å². The number of aliphatic carboxylic acids is 1. The lowest BCUT2D eigenvalue weighted by molar-refractivity contribution is -0.137. The van der Waals surface area contributed by atoms with E-state index in [1.54, 1.807) is 24.3 Å². The maximum absolute atomic E-state index is 11.6. The SMILES string of the molecule is CC(C)Oc1ccc(NC(=O)CCCCC(=O)O)cc1. The molecule has 0 heterocycles. The number of benzene rings is 1. The Labute approximate surface area is 118 Å². The van der Waals surface area contributed by atoms with E-state index in [1.165, 1.54) is 0 Å². The highest BCUT2D eigenvalue weighted by molar-refractivity contribution is 5.90. The molecule has 1 aromatic rings. The predicted octanol–water partition coefficient (Wildman–Crippen LogP) is 3.06. The average molecular weight is 279 g/mol. The van der Waals surface area contributed by atoms with Crippen molar-refractivity contribution in [2.45, 2.75) is 45.6 Å². The fourth-order valence-electron chi connectivity index (χ4n) is 1.67. The van der Waals surface area contributed by atoms with Crippen LogP contribution in [0.3, 0.4) is 0 Å². The van der Waals surface area contributed by atoms with Crippen LogP contribution in [0.4, 0.5) is 5.69 Å². The van der Waals surface area contributed by atoms with Crippen LogP contribution in [0, 0.1) is 0 Å². The van der Waals surface area contributed by atoms with E-state index < -0.39 is 5.97 Å². The molecule has 0 aliphatic rings. The summed E-state index contributed by atoms with van der Waals surface area (Å²) in [6, 6.07) is 7.18. The van der Waals surface area contributed by atoms with Crippen molar-refractivity contribution in [1.29, 1.82) is 0 Å². The van der Waals surface area contributed by atoms with Crippen molar-refractivity contribution in [3.05, 3.63) is 24.3 Å². The first-order chi connectivity index (χ1) is 9.47. The summed E-state index contributed by atoms with van der Waals surface area (Å²) in [6.45, 7) is 3.90. The maximum atomic E-state index is 11.6. The van der Waals surface area contributed by atoms with Crippen LogP contribution in [0.5, 0.6) is 5.75 Å². The minimum atomic E-state index is -0.828. The van der Waals surface area contributed by atoms with E-state index in [1.807, 2.05) is 13.8 Å². The molecule has 0 saturated heterocycles. The third-order valence-electron chi connectivity index (χ3n) is 2.55. The van der Waals surface area contributed by atoms with Gasteiger partial charge in [0.15, 0.2) is 0 Å². The van der Waals surface area contributed by atoms with Crippen molar-refractivity contribution in [3.8, 4) is 5.75 Å². The highest BCUT2D eigenvalue weighted by Gasteiger charge is 2.04. The second-order valence-corrected chi connectivity index (χ2v) is 4.84. The number of nitrogens with one attached hydrogen (secondary N) is 1. The fourth-order valence-corrected chi connectivity index (χ4v) is 1.67. The van der Waals surface area contributed by atoms with Gasteiger partial charge in [-0.2, -0.15) is 0 Å². The van der Waals surface area contributed by atoms with E-state index in [0.29, 0.717) is 24.9 Å². The number of carboxylic acid groups (broad SMARTS) is 1. The summed E-state index contributed by atoms with van der Waals surface area (Å²) < 4.78 is 5.51. The summed E-state index contributed by atoms with van der Waals surface area (Å²) in [7, 11) is 0. The zero-order valence-electron chi connectivity index (χ0n) is 11.9. The second kappa shape index (κ2) is 8.19. The molecule has 0 unspecified atom stereocenters. The van der Waals surface area contributed by atoms with Crippen LogP contribution in [-0.4, -0.2) is 23.1 Å². The summed E-state index contributed by atoms with van der Waals surface area (Å²) in [6.07, 6.45) is 1.65. The number of rotatable bonds is 8. The van der Waals surface area contributed by atoms with Gasteiger partial charge in [0.05, 0.1) is 6.10 Å². The van der Waals surface area contributed by atoms with Crippen molar-refractivity contribution in [2.24, 2.45) is 0 Å². The summed E-state index contributed by atoms with van der Waals surface area (Å²) in [5, 5.41) is 11.3. The molecular weight excluding hydrogens is 258 g/mol. The van der Waals surface area contributed by atoms with Crippen molar-refractivity contribution in [2.75, 3.05) is 5.32 Å². The second-order valence-electron chi connectivity index (χ2n) is 4.84. The molecule has 0 aromatic heterocycles. The monoisotopic (exact) mass is 279 g/mol. The molecule has 5 heteroatoms. The van der Waals surface area contributed by atoms with E-state index >= 15 is 0 Å². The Morgan fingerprint density at radius 1 is 1.15 bits per heavy atom. The lowest BCUT2D eigenvalue weighted by atomic mass is 10.2. The Kier molecular flexibility index (Phi) is 6.56. The Hall–Kier alpha value is -2.04. The first kappa shape index (κ1) is 16.0. The minimum absolute atomic E-state index is 0.104. The quantitative estimate of drug-likeness (QED) is 0.717. The summed E-state index contributed by atoms with van der Waals surface area (Å²) in [4.78, 5) is 22.0.